The van der Waals surface area contributed by atoms with Gasteiger partial charge in [-0.3, -0.25) is 9.59 Å². The van der Waals surface area contributed by atoms with E-state index in [0.29, 0.717) is 19.4 Å². The van der Waals surface area contributed by atoms with E-state index in [-0.39, 0.29) is 36.2 Å². The van der Waals surface area contributed by atoms with Gasteiger partial charge in [-0.2, -0.15) is 0 Å². The Bertz CT molecular complexity index is 253. The quantitative estimate of drug-likeness (QED) is 0.659. The summed E-state index contributed by atoms with van der Waals surface area (Å²) in [5, 5.41) is 2.80. The highest BCUT2D eigenvalue weighted by atomic mass is 35.5. The topological polar surface area (TPSA) is 75.4 Å². The molecule has 6 heteroatoms. The molecule has 2 atom stereocenters. The molecule has 2 unspecified atom stereocenters. The summed E-state index contributed by atoms with van der Waals surface area (Å²) in [6.07, 6.45) is 1.15. The summed E-state index contributed by atoms with van der Waals surface area (Å²) in [7, 11) is 0. The van der Waals surface area contributed by atoms with E-state index in [1.54, 1.807) is 11.8 Å². The molecule has 0 aliphatic heterocycles. The SMILES string of the molecule is CCN(CC)C(=O)CCCNC(=O)C(C)C(C)N.Cl. The summed E-state index contributed by atoms with van der Waals surface area (Å²) < 4.78 is 0. The standard InChI is InChI=1S/C13H27N3O2.ClH/c1-5-16(6-2)12(17)8-7-9-15-13(18)10(3)11(4)14;/h10-11H,5-9,14H2,1-4H3,(H,15,18);1H. The van der Waals surface area contributed by atoms with Crippen molar-refractivity contribution in [1.29, 1.82) is 0 Å². The fourth-order valence-corrected chi connectivity index (χ4v) is 1.59. The number of amides is 2. The van der Waals surface area contributed by atoms with Gasteiger partial charge in [0.15, 0.2) is 0 Å². The molecular formula is C13H28ClN3O2. The Balaban J connectivity index is 0. The molecule has 0 aromatic rings. The number of carbonyl (C=O) groups is 2. The van der Waals surface area contributed by atoms with Gasteiger partial charge in [-0.25, -0.2) is 0 Å². The highest BCUT2D eigenvalue weighted by Gasteiger charge is 2.16. The molecule has 0 rings (SSSR count). The normalized spacial score (nSPS) is 13.1. The Morgan fingerprint density at radius 3 is 2.16 bits per heavy atom. The van der Waals surface area contributed by atoms with Crippen molar-refractivity contribution < 1.29 is 9.59 Å². The molecule has 0 aliphatic rings. The zero-order valence-corrected chi connectivity index (χ0v) is 13.3. The largest absolute Gasteiger partial charge is 0.356 e. The van der Waals surface area contributed by atoms with Crippen molar-refractivity contribution >= 4 is 24.2 Å². The number of rotatable bonds is 8. The van der Waals surface area contributed by atoms with E-state index in [0.717, 1.165) is 13.1 Å². The smallest absolute Gasteiger partial charge is 0.224 e. The van der Waals surface area contributed by atoms with Crippen LogP contribution in [-0.2, 0) is 9.59 Å². The molecule has 0 heterocycles. The Labute approximate surface area is 122 Å². The van der Waals surface area contributed by atoms with Crippen LogP contribution in [0, 0.1) is 5.92 Å². The first-order valence-electron chi connectivity index (χ1n) is 6.75. The first-order valence-corrected chi connectivity index (χ1v) is 6.75. The lowest BCUT2D eigenvalue weighted by Crippen LogP contribution is -2.39. The van der Waals surface area contributed by atoms with Gasteiger partial charge in [-0.15, -0.1) is 12.4 Å². The van der Waals surface area contributed by atoms with Crippen molar-refractivity contribution in [3.63, 3.8) is 0 Å². The number of hydrogen-bond acceptors (Lipinski definition) is 3. The van der Waals surface area contributed by atoms with E-state index in [2.05, 4.69) is 5.32 Å². The van der Waals surface area contributed by atoms with Crippen molar-refractivity contribution in [2.75, 3.05) is 19.6 Å². The van der Waals surface area contributed by atoms with E-state index in [9.17, 15) is 9.59 Å². The number of halogens is 1. The zero-order valence-electron chi connectivity index (χ0n) is 12.4. The van der Waals surface area contributed by atoms with Crippen molar-refractivity contribution in [1.82, 2.24) is 10.2 Å². The first-order chi connectivity index (χ1) is 8.43. The maximum absolute atomic E-state index is 11.7. The van der Waals surface area contributed by atoms with Crippen LogP contribution in [0.25, 0.3) is 0 Å². The Morgan fingerprint density at radius 2 is 1.74 bits per heavy atom. The van der Waals surface area contributed by atoms with Gasteiger partial charge in [0, 0.05) is 38.0 Å². The van der Waals surface area contributed by atoms with E-state index in [1.807, 2.05) is 20.8 Å². The maximum atomic E-state index is 11.7. The lowest BCUT2D eigenvalue weighted by atomic mass is 10.0. The number of hydrogen-bond donors (Lipinski definition) is 2. The van der Waals surface area contributed by atoms with Gasteiger partial charge in [0.05, 0.1) is 0 Å². The van der Waals surface area contributed by atoms with Crippen LogP contribution in [-0.4, -0.2) is 42.4 Å². The molecule has 0 aliphatic carbocycles. The minimum Gasteiger partial charge on any atom is -0.356 e. The van der Waals surface area contributed by atoms with Gasteiger partial charge in [0.1, 0.15) is 0 Å². The summed E-state index contributed by atoms with van der Waals surface area (Å²) in [4.78, 5) is 25.1. The van der Waals surface area contributed by atoms with Gasteiger partial charge in [0.2, 0.25) is 11.8 Å². The van der Waals surface area contributed by atoms with Crippen molar-refractivity contribution in [2.45, 2.75) is 46.6 Å². The molecule has 19 heavy (non-hydrogen) atoms. The third-order valence-corrected chi connectivity index (χ3v) is 3.19. The minimum atomic E-state index is -0.191. The minimum absolute atomic E-state index is 0. The molecule has 3 N–H and O–H groups in total. The van der Waals surface area contributed by atoms with Crippen molar-refractivity contribution in [2.24, 2.45) is 11.7 Å². The van der Waals surface area contributed by atoms with Crippen LogP contribution >= 0.6 is 12.4 Å². The molecule has 0 spiro atoms. The fourth-order valence-electron chi connectivity index (χ4n) is 1.59. The monoisotopic (exact) mass is 293 g/mol. The Morgan fingerprint density at radius 1 is 1.21 bits per heavy atom. The second-order valence-electron chi connectivity index (χ2n) is 4.61. The number of nitrogens with one attached hydrogen (secondary N) is 1. The fraction of sp³-hybridized carbons (Fsp3) is 0.846. The van der Waals surface area contributed by atoms with Crippen LogP contribution < -0.4 is 11.1 Å². The average Bonchev–Trinajstić information content (AvgIpc) is 2.34. The molecular weight excluding hydrogens is 266 g/mol. The summed E-state index contributed by atoms with van der Waals surface area (Å²) in [6.45, 7) is 9.56. The molecule has 0 fully saturated rings. The molecule has 5 nitrogen and oxygen atoms in total. The second kappa shape index (κ2) is 11.1. The highest BCUT2D eigenvalue weighted by molar-refractivity contribution is 5.85. The van der Waals surface area contributed by atoms with Gasteiger partial charge < -0.3 is 16.0 Å². The molecule has 0 aromatic heterocycles. The average molecular weight is 294 g/mol. The Kier molecular flexibility index (Phi) is 11.9. The maximum Gasteiger partial charge on any atom is 0.224 e. The predicted molar refractivity (Wildman–Crippen MR) is 80.2 cm³/mol. The van der Waals surface area contributed by atoms with E-state index in [1.165, 1.54) is 0 Å². The predicted octanol–water partition coefficient (Wildman–Crippen LogP) is 1.16. The van der Waals surface area contributed by atoms with Crippen molar-refractivity contribution in [3.8, 4) is 0 Å². The first kappa shape index (κ1) is 20.5. The van der Waals surface area contributed by atoms with Crippen LogP contribution in [0.2, 0.25) is 0 Å². The number of carbonyl (C=O) groups excluding carboxylic acids is 2. The number of nitrogens with two attached hydrogens (primary N) is 1. The van der Waals surface area contributed by atoms with Gasteiger partial charge in [-0.1, -0.05) is 6.92 Å². The molecule has 0 aromatic carbocycles. The van der Waals surface area contributed by atoms with Gasteiger partial charge in [-0.05, 0) is 27.2 Å². The van der Waals surface area contributed by atoms with Crippen molar-refractivity contribution in [3.05, 3.63) is 0 Å². The van der Waals surface area contributed by atoms with Crippen LogP contribution in [0.1, 0.15) is 40.5 Å². The molecule has 0 bridgehead atoms. The van der Waals surface area contributed by atoms with Gasteiger partial charge in [0.25, 0.3) is 0 Å². The molecule has 2 amide bonds. The molecule has 114 valence electrons. The lowest BCUT2D eigenvalue weighted by Gasteiger charge is -2.19. The molecule has 0 saturated carbocycles. The zero-order chi connectivity index (χ0) is 14.1. The van der Waals surface area contributed by atoms with Crippen LogP contribution in [0.3, 0.4) is 0 Å². The van der Waals surface area contributed by atoms with Crippen LogP contribution in [0.4, 0.5) is 0 Å². The highest BCUT2D eigenvalue weighted by Crippen LogP contribution is 2.00. The third-order valence-electron chi connectivity index (χ3n) is 3.19. The molecule has 0 saturated heterocycles. The second-order valence-corrected chi connectivity index (χ2v) is 4.61. The molecule has 0 radical (unpaired) electrons. The third kappa shape index (κ3) is 8.06. The summed E-state index contributed by atoms with van der Waals surface area (Å²) in [6, 6.07) is -0.151. The Hall–Kier alpha value is -0.810. The van der Waals surface area contributed by atoms with Gasteiger partial charge >= 0.3 is 0 Å². The summed E-state index contributed by atoms with van der Waals surface area (Å²) >= 11 is 0. The van der Waals surface area contributed by atoms with Crippen LogP contribution in [0.5, 0.6) is 0 Å². The lowest BCUT2D eigenvalue weighted by molar-refractivity contribution is -0.131. The van der Waals surface area contributed by atoms with E-state index >= 15 is 0 Å². The van der Waals surface area contributed by atoms with E-state index < -0.39 is 0 Å². The van der Waals surface area contributed by atoms with Crippen LogP contribution in [0.15, 0.2) is 0 Å². The number of nitrogens with zero attached hydrogens (tertiary/aromatic N) is 1. The summed E-state index contributed by atoms with van der Waals surface area (Å²) in [5.74, 6) is -0.0849. The van der Waals surface area contributed by atoms with E-state index in [4.69, 9.17) is 5.73 Å². The summed E-state index contributed by atoms with van der Waals surface area (Å²) in [5.41, 5.74) is 5.64.